The zero-order valence-corrected chi connectivity index (χ0v) is 22.1. The van der Waals surface area contributed by atoms with E-state index in [0.717, 1.165) is 37.7 Å². The van der Waals surface area contributed by atoms with E-state index in [-0.39, 0.29) is 100 Å². The summed E-state index contributed by atoms with van der Waals surface area (Å²) in [5.74, 6) is 0.435. The molecule has 10 heteroatoms. The first-order chi connectivity index (χ1) is 14.4. The average Bonchev–Trinajstić information content (AvgIpc) is 2.64. The monoisotopic (exact) mass is 454 g/mol. The van der Waals surface area contributed by atoms with E-state index >= 15 is 0 Å². The number of methoxy groups -OCH3 is 1. The number of phosphoric acid groups is 1. The molecule has 30 heavy (non-hydrogen) atoms. The summed E-state index contributed by atoms with van der Waals surface area (Å²) in [6.07, 6.45) is 4.27. The fraction of sp³-hybridized carbons (Fsp3) is 0.550. The molecule has 4 bridgehead atoms. The van der Waals surface area contributed by atoms with E-state index in [2.05, 4.69) is 4.52 Å². The molecular formula is C20H24NNa2O6P+2. The Bertz CT molecular complexity index is 1000. The zero-order chi connectivity index (χ0) is 22.6. The Morgan fingerprint density at radius 1 is 1.30 bits per heavy atom. The molecule has 4 fully saturated rings. The minimum Gasteiger partial charge on any atom is -0.496 e. The van der Waals surface area contributed by atoms with Crippen LogP contribution >= 0.6 is 7.82 Å². The van der Waals surface area contributed by atoms with Gasteiger partial charge < -0.3 is 14.4 Å². The third kappa shape index (κ3) is 5.05. The maximum atomic E-state index is 11.4. The van der Waals surface area contributed by atoms with E-state index < -0.39 is 14.9 Å². The summed E-state index contributed by atoms with van der Waals surface area (Å²) in [6.45, 7) is 0.108. The summed E-state index contributed by atoms with van der Waals surface area (Å²) < 4.78 is 44.5. The van der Waals surface area contributed by atoms with Crippen LogP contribution in [0.4, 0.5) is 0 Å². The van der Waals surface area contributed by atoms with Crippen molar-refractivity contribution in [2.75, 3.05) is 13.6 Å². The van der Waals surface area contributed by atoms with E-state index in [4.69, 9.17) is 8.85 Å². The third-order valence-corrected chi connectivity index (χ3v) is 6.91. The third-order valence-electron chi connectivity index (χ3n) is 6.48. The van der Waals surface area contributed by atoms with E-state index in [9.17, 15) is 24.7 Å². The number of ether oxygens (including phenoxy) is 1. The van der Waals surface area contributed by atoms with Crippen molar-refractivity contribution in [3.8, 4) is 11.8 Å². The van der Waals surface area contributed by atoms with E-state index in [0.29, 0.717) is 11.5 Å². The molecule has 4 saturated carbocycles. The van der Waals surface area contributed by atoms with Gasteiger partial charge in [0.05, 0.1) is 16.7 Å². The van der Waals surface area contributed by atoms with Crippen LogP contribution in [-0.2, 0) is 9.30 Å². The SMILES string of the molecule is [2H]C([2H])([2H])OC(=C1C2CC3CC1CC(CO)(C3)C2)c1ccc(C#N)c(OP(=O)(O)O)c1.[Na+].[Na+]. The minimum absolute atomic E-state index is 0. The molecule has 0 aliphatic heterocycles. The van der Waals surface area contributed by atoms with Gasteiger partial charge in [-0.3, -0.25) is 9.79 Å². The van der Waals surface area contributed by atoms with Crippen LogP contribution in [0.2, 0.25) is 0 Å². The molecule has 1 aromatic carbocycles. The van der Waals surface area contributed by atoms with Crippen molar-refractivity contribution in [3.63, 3.8) is 0 Å². The minimum atomic E-state index is -4.93. The maximum absolute atomic E-state index is 11.4. The van der Waals surface area contributed by atoms with Crippen molar-refractivity contribution in [1.82, 2.24) is 0 Å². The Kier molecular flexibility index (Phi) is 7.30. The van der Waals surface area contributed by atoms with Crippen LogP contribution in [0, 0.1) is 34.5 Å². The molecule has 0 amide bonds. The molecular weight excluding hydrogens is 427 g/mol. The number of allylic oxidation sites excluding steroid dienone is 1. The summed E-state index contributed by atoms with van der Waals surface area (Å²) in [6, 6.07) is 5.90. The summed E-state index contributed by atoms with van der Waals surface area (Å²) in [4.78, 5) is 18.4. The maximum Gasteiger partial charge on any atom is 1.00 e. The molecule has 150 valence electrons. The van der Waals surface area contributed by atoms with Crippen molar-refractivity contribution in [1.29, 1.82) is 5.26 Å². The van der Waals surface area contributed by atoms with E-state index in [1.807, 2.05) is 6.07 Å². The van der Waals surface area contributed by atoms with E-state index in [1.165, 1.54) is 18.2 Å². The first kappa shape index (κ1) is 22.0. The van der Waals surface area contributed by atoms with Gasteiger partial charge in [-0.2, -0.15) is 5.26 Å². The number of rotatable bonds is 5. The first-order valence-corrected chi connectivity index (χ1v) is 10.8. The molecule has 0 heterocycles. The van der Waals surface area contributed by atoms with Gasteiger partial charge in [0, 0.05) is 12.2 Å². The molecule has 0 aromatic heterocycles. The van der Waals surface area contributed by atoms with Crippen LogP contribution in [0.5, 0.6) is 5.75 Å². The van der Waals surface area contributed by atoms with Gasteiger partial charge in [0.15, 0.2) is 0 Å². The molecule has 4 aliphatic rings. The van der Waals surface area contributed by atoms with Crippen molar-refractivity contribution >= 4 is 13.6 Å². The van der Waals surface area contributed by atoms with Crippen LogP contribution < -0.4 is 63.6 Å². The fourth-order valence-corrected chi connectivity index (χ4v) is 6.17. The Hall–Kier alpha value is 0.160. The van der Waals surface area contributed by atoms with Crippen LogP contribution in [-0.4, -0.2) is 28.5 Å². The second-order valence-electron chi connectivity index (χ2n) is 8.29. The molecule has 0 spiro atoms. The summed E-state index contributed by atoms with van der Waals surface area (Å²) >= 11 is 0. The van der Waals surface area contributed by atoms with Crippen molar-refractivity contribution in [2.24, 2.45) is 23.2 Å². The van der Waals surface area contributed by atoms with Gasteiger partial charge in [0.1, 0.15) is 17.6 Å². The van der Waals surface area contributed by atoms with Crippen LogP contribution in [0.3, 0.4) is 0 Å². The summed E-state index contributed by atoms with van der Waals surface area (Å²) in [5.41, 5.74) is 0.946. The topological polar surface area (TPSA) is 120 Å². The number of hydrogen-bond donors (Lipinski definition) is 3. The second-order valence-corrected chi connectivity index (χ2v) is 9.46. The Labute approximate surface area is 224 Å². The van der Waals surface area contributed by atoms with Crippen molar-refractivity contribution in [3.05, 3.63) is 34.9 Å². The number of phosphoric ester groups is 1. The molecule has 1 aromatic rings. The number of aliphatic hydroxyl groups is 1. The molecule has 4 aliphatic carbocycles. The van der Waals surface area contributed by atoms with Gasteiger partial charge in [-0.05, 0) is 79.0 Å². The predicted molar refractivity (Wildman–Crippen MR) is 101 cm³/mol. The largest absolute Gasteiger partial charge is 1.00 e. The fourth-order valence-electron chi connectivity index (χ4n) is 5.76. The first-order valence-electron chi connectivity index (χ1n) is 10.8. The van der Waals surface area contributed by atoms with Crippen molar-refractivity contribution < 1.29 is 91.9 Å². The Balaban J connectivity index is 0.00000193. The molecule has 3 N–H and O–H groups in total. The Morgan fingerprint density at radius 3 is 2.50 bits per heavy atom. The normalized spacial score (nSPS) is 30.7. The van der Waals surface area contributed by atoms with Gasteiger partial charge in [0.25, 0.3) is 0 Å². The molecule has 0 radical (unpaired) electrons. The van der Waals surface area contributed by atoms with Gasteiger partial charge in [0.2, 0.25) is 0 Å². The molecule has 2 atom stereocenters. The predicted octanol–water partition coefficient (Wildman–Crippen LogP) is -2.79. The Morgan fingerprint density at radius 2 is 1.97 bits per heavy atom. The van der Waals surface area contributed by atoms with Crippen LogP contribution in [0.25, 0.3) is 5.76 Å². The van der Waals surface area contributed by atoms with Gasteiger partial charge in [-0.25, -0.2) is 4.57 Å². The quantitative estimate of drug-likeness (QED) is 0.250. The van der Waals surface area contributed by atoms with Gasteiger partial charge >= 0.3 is 66.9 Å². The van der Waals surface area contributed by atoms with Crippen LogP contribution in [0.15, 0.2) is 23.8 Å². The standard InChI is InChI=1S/C20H24NO6P.2Na/c1-26-19(13-2-3-14(10-21)17(6-13)27-28(23,24)25)18-15-4-12-5-16(18)9-20(7-12,8-15)11-22;;/h2-3,6,12,15-16,22H,4-5,7-9,11H2,1H3,(H2,23,24,25);;/q;2*+1/i1D3;;. The molecule has 0 saturated heterocycles. The second kappa shape index (κ2) is 9.97. The molecule has 5 rings (SSSR count). The number of nitrogens with zero attached hydrogens (tertiary/aromatic N) is 1. The zero-order valence-electron chi connectivity index (χ0n) is 20.2. The number of hydrogen-bond acceptors (Lipinski definition) is 5. The molecule has 2 unspecified atom stereocenters. The van der Waals surface area contributed by atoms with Gasteiger partial charge in [-0.1, -0.05) is 0 Å². The van der Waals surface area contributed by atoms with Gasteiger partial charge in [-0.15, -0.1) is 0 Å². The summed E-state index contributed by atoms with van der Waals surface area (Å²) in [7, 11) is -7.66. The smallest absolute Gasteiger partial charge is 0.496 e. The summed E-state index contributed by atoms with van der Waals surface area (Å²) in [5, 5.41) is 19.3. The average molecular weight is 454 g/mol. The van der Waals surface area contributed by atoms with Crippen molar-refractivity contribution in [2.45, 2.75) is 32.1 Å². The van der Waals surface area contributed by atoms with Crippen LogP contribution in [0.1, 0.15) is 47.3 Å². The number of nitriles is 1. The molecule has 7 nitrogen and oxygen atoms in total. The number of benzene rings is 1. The number of aliphatic hydroxyl groups excluding tert-OH is 1. The van der Waals surface area contributed by atoms with E-state index in [1.54, 1.807) is 0 Å².